The van der Waals surface area contributed by atoms with E-state index in [4.69, 9.17) is 10.5 Å². The topological polar surface area (TPSA) is 35.2 Å². The van der Waals surface area contributed by atoms with Gasteiger partial charge in [0.15, 0.2) is 17.4 Å². The van der Waals surface area contributed by atoms with Crippen LogP contribution in [-0.4, -0.2) is 0 Å². The van der Waals surface area contributed by atoms with Crippen LogP contribution < -0.4 is 10.5 Å². The highest BCUT2D eigenvalue weighted by atomic mass is 19.1. The summed E-state index contributed by atoms with van der Waals surface area (Å²) in [5.41, 5.74) is 8.30. The molecule has 1 aliphatic rings. The van der Waals surface area contributed by atoms with Gasteiger partial charge in [0.25, 0.3) is 0 Å². The van der Waals surface area contributed by atoms with Crippen molar-refractivity contribution in [3.8, 4) is 11.5 Å². The van der Waals surface area contributed by atoms with Crippen LogP contribution in [0.2, 0.25) is 0 Å². The Hall–Kier alpha value is -1.94. The average molecular weight is 289 g/mol. The molecule has 21 heavy (non-hydrogen) atoms. The molecule has 0 fully saturated rings. The molecule has 3 rings (SSSR count). The molecule has 110 valence electrons. The fourth-order valence-electron chi connectivity index (χ4n) is 2.72. The third-order valence-electron chi connectivity index (χ3n) is 3.83. The lowest BCUT2D eigenvalue weighted by Crippen LogP contribution is -2.03. The molecular weight excluding hydrogens is 272 g/mol. The minimum Gasteiger partial charge on any atom is -0.451 e. The van der Waals surface area contributed by atoms with Gasteiger partial charge in [-0.1, -0.05) is 6.07 Å². The van der Waals surface area contributed by atoms with Crippen molar-refractivity contribution in [1.82, 2.24) is 0 Å². The minimum absolute atomic E-state index is 0.0902. The highest BCUT2D eigenvalue weighted by Crippen LogP contribution is 2.31. The molecule has 0 unspecified atom stereocenters. The smallest absolute Gasteiger partial charge is 0.198 e. The molecule has 0 atom stereocenters. The van der Waals surface area contributed by atoms with Crippen molar-refractivity contribution in [3.05, 3.63) is 58.7 Å². The van der Waals surface area contributed by atoms with E-state index in [0.29, 0.717) is 11.3 Å². The lowest BCUT2D eigenvalue weighted by Gasteiger charge is -2.17. The van der Waals surface area contributed by atoms with E-state index < -0.39 is 11.6 Å². The van der Waals surface area contributed by atoms with E-state index in [1.807, 2.05) is 12.1 Å². The van der Waals surface area contributed by atoms with Crippen LogP contribution in [0, 0.1) is 11.6 Å². The standard InChI is InChI=1S/C17H17F2NO/c18-15-7-11(10-20)8-16(19)17(15)21-14-6-5-12-3-1-2-4-13(12)9-14/h5-9H,1-4,10,20H2. The van der Waals surface area contributed by atoms with E-state index in [1.54, 1.807) is 6.07 Å². The fraction of sp³-hybridized carbons (Fsp3) is 0.294. The Labute approximate surface area is 122 Å². The van der Waals surface area contributed by atoms with Crippen LogP contribution in [-0.2, 0) is 19.4 Å². The lowest BCUT2D eigenvalue weighted by molar-refractivity contribution is 0.405. The van der Waals surface area contributed by atoms with E-state index in [1.165, 1.54) is 29.7 Å². The second-order valence-corrected chi connectivity index (χ2v) is 5.33. The molecule has 2 aromatic rings. The maximum atomic E-state index is 13.9. The Bertz CT molecular complexity index is 647. The lowest BCUT2D eigenvalue weighted by atomic mass is 9.92. The zero-order chi connectivity index (χ0) is 14.8. The molecule has 0 amide bonds. The van der Waals surface area contributed by atoms with Gasteiger partial charge in [0, 0.05) is 6.54 Å². The van der Waals surface area contributed by atoms with Crippen molar-refractivity contribution < 1.29 is 13.5 Å². The molecule has 2 N–H and O–H groups in total. The minimum atomic E-state index is -0.729. The van der Waals surface area contributed by atoms with Crippen molar-refractivity contribution in [3.63, 3.8) is 0 Å². The zero-order valence-electron chi connectivity index (χ0n) is 11.7. The Morgan fingerprint density at radius 2 is 1.62 bits per heavy atom. The van der Waals surface area contributed by atoms with Crippen molar-refractivity contribution >= 4 is 0 Å². The van der Waals surface area contributed by atoms with Gasteiger partial charge in [0.05, 0.1) is 0 Å². The second kappa shape index (κ2) is 5.82. The Kier molecular flexibility index (Phi) is 3.88. The number of nitrogens with two attached hydrogens (primary N) is 1. The summed E-state index contributed by atoms with van der Waals surface area (Å²) >= 11 is 0. The van der Waals surface area contributed by atoms with E-state index in [0.717, 1.165) is 19.3 Å². The number of rotatable bonds is 3. The number of hydrogen-bond acceptors (Lipinski definition) is 2. The monoisotopic (exact) mass is 289 g/mol. The third kappa shape index (κ3) is 2.90. The summed E-state index contributed by atoms with van der Waals surface area (Å²) in [7, 11) is 0. The summed E-state index contributed by atoms with van der Waals surface area (Å²) in [4.78, 5) is 0. The first-order chi connectivity index (χ1) is 10.2. The van der Waals surface area contributed by atoms with Gasteiger partial charge >= 0.3 is 0 Å². The van der Waals surface area contributed by atoms with Crippen LogP contribution in [0.15, 0.2) is 30.3 Å². The van der Waals surface area contributed by atoms with Gasteiger partial charge in [-0.15, -0.1) is 0 Å². The summed E-state index contributed by atoms with van der Waals surface area (Å²) in [6.45, 7) is 0.0902. The van der Waals surface area contributed by atoms with E-state index in [2.05, 4.69) is 0 Å². The van der Waals surface area contributed by atoms with E-state index >= 15 is 0 Å². The van der Waals surface area contributed by atoms with Crippen LogP contribution in [0.1, 0.15) is 29.5 Å². The Morgan fingerprint density at radius 3 is 2.29 bits per heavy atom. The molecule has 1 aliphatic carbocycles. The predicted molar refractivity (Wildman–Crippen MR) is 77.4 cm³/mol. The average Bonchev–Trinajstić information content (AvgIpc) is 2.50. The van der Waals surface area contributed by atoms with Crippen molar-refractivity contribution in [2.24, 2.45) is 5.73 Å². The molecular formula is C17H17F2NO. The molecule has 0 aromatic heterocycles. The summed E-state index contributed by atoms with van der Waals surface area (Å²) in [6, 6.07) is 8.03. The van der Waals surface area contributed by atoms with Gasteiger partial charge in [-0.05, 0) is 66.6 Å². The number of fused-ring (bicyclic) bond motifs is 1. The highest BCUT2D eigenvalue weighted by Gasteiger charge is 2.15. The fourth-order valence-corrected chi connectivity index (χ4v) is 2.72. The number of ether oxygens (including phenoxy) is 1. The number of aryl methyl sites for hydroxylation is 2. The van der Waals surface area contributed by atoms with Gasteiger partial charge < -0.3 is 10.5 Å². The first-order valence-corrected chi connectivity index (χ1v) is 7.15. The maximum absolute atomic E-state index is 13.9. The molecule has 0 spiro atoms. The Morgan fingerprint density at radius 1 is 0.952 bits per heavy atom. The molecule has 0 aliphatic heterocycles. The van der Waals surface area contributed by atoms with Gasteiger partial charge in [-0.25, -0.2) is 8.78 Å². The molecule has 0 heterocycles. The molecule has 0 saturated carbocycles. The second-order valence-electron chi connectivity index (χ2n) is 5.33. The van der Waals surface area contributed by atoms with Gasteiger partial charge in [-0.3, -0.25) is 0 Å². The number of halogens is 2. The molecule has 4 heteroatoms. The Balaban J connectivity index is 1.90. The normalized spacial score (nSPS) is 13.9. The van der Waals surface area contributed by atoms with Crippen LogP contribution in [0.3, 0.4) is 0 Å². The third-order valence-corrected chi connectivity index (χ3v) is 3.83. The first kappa shape index (κ1) is 14.0. The summed E-state index contributed by atoms with van der Waals surface area (Å²) in [6.07, 6.45) is 4.38. The maximum Gasteiger partial charge on any atom is 0.198 e. The van der Waals surface area contributed by atoms with Crippen molar-refractivity contribution in [1.29, 1.82) is 0 Å². The zero-order valence-corrected chi connectivity index (χ0v) is 11.7. The number of benzene rings is 2. The molecule has 0 bridgehead atoms. The summed E-state index contributed by atoms with van der Waals surface area (Å²) < 4.78 is 33.2. The SMILES string of the molecule is NCc1cc(F)c(Oc2ccc3c(c2)CCCC3)c(F)c1. The molecule has 0 radical (unpaired) electrons. The number of hydrogen-bond donors (Lipinski definition) is 1. The van der Waals surface area contributed by atoms with Crippen LogP contribution in [0.4, 0.5) is 8.78 Å². The van der Waals surface area contributed by atoms with Gasteiger partial charge in [-0.2, -0.15) is 0 Å². The largest absolute Gasteiger partial charge is 0.451 e. The molecule has 2 aromatic carbocycles. The summed E-state index contributed by atoms with van der Waals surface area (Å²) in [5, 5.41) is 0. The summed E-state index contributed by atoms with van der Waals surface area (Å²) in [5.74, 6) is -1.36. The highest BCUT2D eigenvalue weighted by molar-refractivity contribution is 5.41. The molecule has 0 saturated heterocycles. The van der Waals surface area contributed by atoms with Crippen molar-refractivity contribution in [2.45, 2.75) is 32.2 Å². The van der Waals surface area contributed by atoms with Gasteiger partial charge in [0.1, 0.15) is 5.75 Å². The molecule has 2 nitrogen and oxygen atoms in total. The van der Waals surface area contributed by atoms with Crippen LogP contribution in [0.5, 0.6) is 11.5 Å². The van der Waals surface area contributed by atoms with Crippen molar-refractivity contribution in [2.75, 3.05) is 0 Å². The van der Waals surface area contributed by atoms with E-state index in [9.17, 15) is 8.78 Å². The van der Waals surface area contributed by atoms with Gasteiger partial charge in [0.2, 0.25) is 0 Å². The van der Waals surface area contributed by atoms with Crippen LogP contribution >= 0.6 is 0 Å². The van der Waals surface area contributed by atoms with Crippen LogP contribution in [0.25, 0.3) is 0 Å². The predicted octanol–water partition coefficient (Wildman–Crippen LogP) is 4.09. The van der Waals surface area contributed by atoms with E-state index in [-0.39, 0.29) is 12.3 Å². The first-order valence-electron chi connectivity index (χ1n) is 7.15. The quantitative estimate of drug-likeness (QED) is 0.923.